The van der Waals surface area contributed by atoms with Crippen molar-refractivity contribution in [3.8, 4) is 11.4 Å². The van der Waals surface area contributed by atoms with Crippen molar-refractivity contribution >= 4 is 17.0 Å². The van der Waals surface area contributed by atoms with Crippen molar-refractivity contribution in [2.24, 2.45) is 0 Å². The van der Waals surface area contributed by atoms with Gasteiger partial charge in [0, 0.05) is 12.2 Å². The number of hydrogen-bond donors (Lipinski definition) is 4. The maximum atomic E-state index is 10.3. The molecule has 1 aliphatic heterocycles. The summed E-state index contributed by atoms with van der Waals surface area (Å²) in [7, 11) is 0. The number of fused-ring (bicyclic) bond motifs is 1. The van der Waals surface area contributed by atoms with E-state index in [1.54, 1.807) is 10.9 Å². The van der Waals surface area contributed by atoms with Crippen LogP contribution in [0.15, 0.2) is 18.7 Å². The predicted molar refractivity (Wildman–Crippen MR) is 94.4 cm³/mol. The van der Waals surface area contributed by atoms with Crippen LogP contribution in [0.4, 0.5) is 5.82 Å². The van der Waals surface area contributed by atoms with Crippen LogP contribution in [0.2, 0.25) is 0 Å². The number of aromatic nitrogens is 6. The fraction of sp³-hybridized carbons (Fsp3) is 0.500. The molecule has 3 aromatic rings. The van der Waals surface area contributed by atoms with Gasteiger partial charge in [0.05, 0.1) is 24.7 Å². The van der Waals surface area contributed by atoms with Crippen LogP contribution >= 0.6 is 0 Å². The summed E-state index contributed by atoms with van der Waals surface area (Å²) in [4.78, 5) is 13.0. The van der Waals surface area contributed by atoms with Crippen LogP contribution in [-0.2, 0) is 4.74 Å². The minimum atomic E-state index is -1.25. The van der Waals surface area contributed by atoms with Crippen LogP contribution in [0.5, 0.6) is 0 Å². The number of ether oxygens (including phenoxy) is 1. The quantitative estimate of drug-likeness (QED) is 0.470. The van der Waals surface area contributed by atoms with E-state index in [-0.39, 0.29) is 11.9 Å². The zero-order valence-electron chi connectivity index (χ0n) is 14.8. The van der Waals surface area contributed by atoms with Gasteiger partial charge in [-0.05, 0) is 13.8 Å². The summed E-state index contributed by atoms with van der Waals surface area (Å²) >= 11 is 0. The molecule has 0 bridgehead atoms. The van der Waals surface area contributed by atoms with E-state index in [4.69, 9.17) is 10.5 Å². The lowest BCUT2D eigenvalue weighted by molar-refractivity contribution is -0.0511. The number of nitrogen functional groups attached to an aromatic ring is 1. The van der Waals surface area contributed by atoms with Gasteiger partial charge in [-0.15, -0.1) is 0 Å². The van der Waals surface area contributed by atoms with Crippen molar-refractivity contribution < 1.29 is 20.1 Å². The van der Waals surface area contributed by atoms with E-state index in [9.17, 15) is 15.3 Å². The Morgan fingerprint density at radius 3 is 2.67 bits per heavy atom. The van der Waals surface area contributed by atoms with Gasteiger partial charge < -0.3 is 25.8 Å². The maximum absolute atomic E-state index is 10.3. The topological polar surface area (TPSA) is 157 Å². The average molecular weight is 375 g/mol. The Kier molecular flexibility index (Phi) is 4.30. The highest BCUT2D eigenvalue weighted by Gasteiger charge is 2.44. The molecule has 1 fully saturated rings. The standard InChI is InChI=1S/C16H21N7O4/c1-7(2)23-4-8(3-19-23)14-20-13(17)10-15(21-14)22(6-18-10)16-12(26)11(25)9(5-24)27-16/h3-4,6-7,9,11-12,16,24-26H,5H2,1-2H3,(H2,17,20,21)/t9?,11-,12?,16?/m1/s1. The third kappa shape index (κ3) is 2.84. The number of aliphatic hydroxyl groups excluding tert-OH is 3. The Labute approximate surface area is 154 Å². The predicted octanol–water partition coefficient (Wildman–Crippen LogP) is -0.536. The normalized spacial score (nSPS) is 25.7. The molecule has 0 radical (unpaired) electrons. The van der Waals surface area contributed by atoms with Crippen molar-refractivity contribution in [3.05, 3.63) is 18.7 Å². The molecule has 144 valence electrons. The van der Waals surface area contributed by atoms with E-state index < -0.39 is 31.1 Å². The number of nitrogens with two attached hydrogens (primary N) is 1. The Morgan fingerprint density at radius 1 is 1.26 bits per heavy atom. The highest BCUT2D eigenvalue weighted by Crippen LogP contribution is 2.32. The van der Waals surface area contributed by atoms with Crippen LogP contribution in [0.3, 0.4) is 0 Å². The van der Waals surface area contributed by atoms with Gasteiger partial charge in [0.25, 0.3) is 0 Å². The number of hydrogen-bond acceptors (Lipinski definition) is 9. The molecule has 0 amide bonds. The lowest BCUT2D eigenvalue weighted by Gasteiger charge is -2.16. The summed E-state index contributed by atoms with van der Waals surface area (Å²) in [6.45, 7) is 3.59. The lowest BCUT2D eigenvalue weighted by atomic mass is 10.1. The Bertz CT molecular complexity index is 969. The summed E-state index contributed by atoms with van der Waals surface area (Å²) in [6, 6.07) is 0.185. The number of anilines is 1. The molecule has 4 atom stereocenters. The minimum absolute atomic E-state index is 0.179. The highest BCUT2D eigenvalue weighted by atomic mass is 16.6. The first-order valence-electron chi connectivity index (χ1n) is 8.57. The van der Waals surface area contributed by atoms with Crippen LogP contribution in [0.1, 0.15) is 26.1 Å². The van der Waals surface area contributed by atoms with Crippen LogP contribution < -0.4 is 5.73 Å². The van der Waals surface area contributed by atoms with E-state index in [0.29, 0.717) is 22.6 Å². The molecule has 11 nitrogen and oxygen atoms in total. The van der Waals surface area contributed by atoms with Gasteiger partial charge in [0.15, 0.2) is 23.5 Å². The van der Waals surface area contributed by atoms with Gasteiger partial charge in [0.1, 0.15) is 23.8 Å². The maximum Gasteiger partial charge on any atom is 0.168 e. The molecule has 0 aliphatic carbocycles. The van der Waals surface area contributed by atoms with Crippen molar-refractivity contribution in [1.82, 2.24) is 29.3 Å². The number of rotatable bonds is 4. The Balaban J connectivity index is 1.78. The van der Waals surface area contributed by atoms with Gasteiger partial charge in [-0.1, -0.05) is 0 Å². The van der Waals surface area contributed by atoms with E-state index in [2.05, 4.69) is 20.1 Å². The third-order valence-corrected chi connectivity index (χ3v) is 4.63. The molecule has 3 aromatic heterocycles. The van der Waals surface area contributed by atoms with Crippen LogP contribution in [0, 0.1) is 0 Å². The number of imidazole rings is 1. The van der Waals surface area contributed by atoms with Crippen molar-refractivity contribution in [3.63, 3.8) is 0 Å². The highest BCUT2D eigenvalue weighted by molar-refractivity contribution is 5.83. The Morgan fingerprint density at radius 2 is 2.04 bits per heavy atom. The van der Waals surface area contributed by atoms with E-state index in [0.717, 1.165) is 0 Å². The third-order valence-electron chi connectivity index (χ3n) is 4.63. The molecule has 11 heteroatoms. The molecule has 1 saturated heterocycles. The molecular weight excluding hydrogens is 354 g/mol. The van der Waals surface area contributed by atoms with Crippen molar-refractivity contribution in [2.45, 2.75) is 44.4 Å². The van der Waals surface area contributed by atoms with Gasteiger partial charge >= 0.3 is 0 Å². The molecule has 3 unspecified atom stereocenters. The van der Waals surface area contributed by atoms with E-state index in [1.165, 1.54) is 10.9 Å². The second-order valence-corrected chi connectivity index (χ2v) is 6.79. The molecule has 5 N–H and O–H groups in total. The van der Waals surface area contributed by atoms with E-state index in [1.807, 2.05) is 20.0 Å². The second-order valence-electron chi connectivity index (χ2n) is 6.79. The molecule has 4 heterocycles. The summed E-state index contributed by atoms with van der Waals surface area (Å²) in [5, 5.41) is 33.9. The molecular formula is C16H21N7O4. The summed E-state index contributed by atoms with van der Waals surface area (Å²) in [5.74, 6) is 0.540. The fourth-order valence-corrected chi connectivity index (χ4v) is 3.10. The molecule has 0 aromatic carbocycles. The van der Waals surface area contributed by atoms with Gasteiger partial charge in [0.2, 0.25) is 0 Å². The zero-order chi connectivity index (χ0) is 19.3. The summed E-state index contributed by atoms with van der Waals surface area (Å²) in [6.07, 6.45) is 0.556. The lowest BCUT2D eigenvalue weighted by Crippen LogP contribution is -2.33. The number of nitrogens with zero attached hydrogens (tertiary/aromatic N) is 6. The van der Waals surface area contributed by atoms with Gasteiger partial charge in [-0.2, -0.15) is 5.10 Å². The van der Waals surface area contributed by atoms with Crippen LogP contribution in [-0.4, -0.2) is 69.5 Å². The van der Waals surface area contributed by atoms with Gasteiger partial charge in [-0.3, -0.25) is 9.25 Å². The average Bonchev–Trinajstić information content (AvgIpc) is 3.34. The first-order valence-corrected chi connectivity index (χ1v) is 8.57. The van der Waals surface area contributed by atoms with Crippen molar-refractivity contribution in [2.75, 3.05) is 12.3 Å². The largest absolute Gasteiger partial charge is 0.394 e. The monoisotopic (exact) mass is 375 g/mol. The SMILES string of the molecule is CC(C)n1cc(-c2nc(N)c3ncn(C4OC(CO)[C@@H](O)C4O)c3n2)cn1. The number of aliphatic hydroxyl groups is 3. The second kappa shape index (κ2) is 6.53. The first kappa shape index (κ1) is 17.8. The molecule has 4 rings (SSSR count). The summed E-state index contributed by atoms with van der Waals surface area (Å²) < 4.78 is 8.82. The summed E-state index contributed by atoms with van der Waals surface area (Å²) in [5.41, 5.74) is 7.43. The van der Waals surface area contributed by atoms with Crippen molar-refractivity contribution in [1.29, 1.82) is 0 Å². The molecule has 0 saturated carbocycles. The zero-order valence-corrected chi connectivity index (χ0v) is 14.8. The first-order chi connectivity index (χ1) is 12.9. The van der Waals surface area contributed by atoms with Gasteiger partial charge in [-0.25, -0.2) is 15.0 Å². The molecule has 27 heavy (non-hydrogen) atoms. The van der Waals surface area contributed by atoms with E-state index >= 15 is 0 Å². The fourth-order valence-electron chi connectivity index (χ4n) is 3.10. The smallest absolute Gasteiger partial charge is 0.168 e. The minimum Gasteiger partial charge on any atom is -0.394 e. The molecule has 0 spiro atoms. The molecule has 1 aliphatic rings. The van der Waals surface area contributed by atoms with Crippen LogP contribution in [0.25, 0.3) is 22.6 Å². The Hall–Kier alpha value is -2.60.